The van der Waals surface area contributed by atoms with Crippen LogP contribution in [0.2, 0.25) is 0 Å². The van der Waals surface area contributed by atoms with E-state index >= 15 is 0 Å². The molecular weight excluding hydrogens is 370 g/mol. The van der Waals surface area contributed by atoms with Gasteiger partial charge in [0.25, 0.3) is 0 Å². The maximum absolute atomic E-state index is 12.1. The molecule has 0 atom stereocenters. The van der Waals surface area contributed by atoms with Crippen molar-refractivity contribution in [2.75, 3.05) is 7.11 Å². The first-order chi connectivity index (χ1) is 8.23. The molecule has 0 saturated heterocycles. The minimum Gasteiger partial charge on any atom is -0.503 e. The molecule has 5 nitrogen and oxygen atoms in total. The highest BCUT2D eigenvalue weighted by molar-refractivity contribution is 14.1. The summed E-state index contributed by atoms with van der Waals surface area (Å²) in [4.78, 5) is 14.7. The van der Waals surface area contributed by atoms with Crippen molar-refractivity contribution in [1.29, 1.82) is 0 Å². The number of rotatable bonds is 3. The molecule has 0 bridgehead atoms. The number of aromatic nitrogens is 1. The SMILES string of the molecule is COC(=O)Cc1nc(I)cc(OC(F)(F)F)c1O. The molecule has 0 saturated carbocycles. The summed E-state index contributed by atoms with van der Waals surface area (Å²) in [5, 5.41) is 9.52. The van der Waals surface area contributed by atoms with Gasteiger partial charge in [-0.15, -0.1) is 13.2 Å². The molecule has 0 aromatic carbocycles. The standard InChI is InChI=1S/C9H7F3INO4/c1-17-7(15)2-4-8(16)5(3-6(13)14-4)18-9(10,11)12/h3,16H,2H2,1H3. The molecule has 1 aromatic heterocycles. The maximum Gasteiger partial charge on any atom is 0.573 e. The lowest BCUT2D eigenvalue weighted by Crippen LogP contribution is -2.18. The number of nitrogens with zero attached hydrogens (tertiary/aromatic N) is 1. The Morgan fingerprint density at radius 3 is 2.67 bits per heavy atom. The highest BCUT2D eigenvalue weighted by Gasteiger charge is 2.33. The van der Waals surface area contributed by atoms with E-state index in [0.717, 1.165) is 13.2 Å². The zero-order valence-electron chi connectivity index (χ0n) is 8.92. The van der Waals surface area contributed by atoms with Crippen molar-refractivity contribution in [1.82, 2.24) is 4.98 Å². The van der Waals surface area contributed by atoms with Gasteiger partial charge in [0.1, 0.15) is 3.70 Å². The summed E-state index contributed by atoms with van der Waals surface area (Å²) in [5.41, 5.74) is -0.243. The average Bonchev–Trinajstić information content (AvgIpc) is 2.22. The number of aromatic hydroxyl groups is 1. The third kappa shape index (κ3) is 4.20. The number of alkyl halides is 3. The summed E-state index contributed by atoms with van der Waals surface area (Å²) in [5.74, 6) is -2.38. The lowest BCUT2D eigenvalue weighted by molar-refractivity contribution is -0.275. The third-order valence-electron chi connectivity index (χ3n) is 1.76. The Balaban J connectivity index is 3.10. The molecule has 18 heavy (non-hydrogen) atoms. The van der Waals surface area contributed by atoms with E-state index in [2.05, 4.69) is 14.5 Å². The monoisotopic (exact) mass is 377 g/mol. The van der Waals surface area contributed by atoms with E-state index in [1.165, 1.54) is 0 Å². The second-order valence-corrected chi connectivity index (χ2v) is 4.14. The first-order valence-corrected chi connectivity index (χ1v) is 5.51. The maximum atomic E-state index is 12.1. The summed E-state index contributed by atoms with van der Waals surface area (Å²) in [6, 6.07) is 0.907. The van der Waals surface area contributed by atoms with Crippen LogP contribution in [0.5, 0.6) is 11.5 Å². The van der Waals surface area contributed by atoms with E-state index < -0.39 is 30.3 Å². The zero-order valence-corrected chi connectivity index (χ0v) is 11.1. The van der Waals surface area contributed by atoms with Gasteiger partial charge < -0.3 is 14.6 Å². The van der Waals surface area contributed by atoms with Crippen molar-refractivity contribution in [3.8, 4) is 11.5 Å². The molecule has 1 N–H and O–H groups in total. The second-order valence-electron chi connectivity index (χ2n) is 3.04. The molecule has 1 heterocycles. The molecule has 0 spiro atoms. The van der Waals surface area contributed by atoms with E-state index in [1.807, 2.05) is 0 Å². The molecule has 0 fully saturated rings. The normalized spacial score (nSPS) is 11.2. The topological polar surface area (TPSA) is 68.7 Å². The van der Waals surface area contributed by atoms with Gasteiger partial charge in [0.2, 0.25) is 0 Å². The van der Waals surface area contributed by atoms with Crippen LogP contribution in [-0.4, -0.2) is 29.5 Å². The van der Waals surface area contributed by atoms with Crippen LogP contribution in [0, 0.1) is 3.70 Å². The van der Waals surface area contributed by atoms with E-state index in [4.69, 9.17) is 0 Å². The number of carbonyl (C=O) groups is 1. The Bertz CT molecular complexity index is 464. The summed E-state index contributed by atoms with van der Waals surface area (Å²) in [7, 11) is 1.11. The number of halogens is 4. The Morgan fingerprint density at radius 1 is 1.56 bits per heavy atom. The molecule has 0 aliphatic carbocycles. The fraction of sp³-hybridized carbons (Fsp3) is 0.333. The van der Waals surface area contributed by atoms with Crippen LogP contribution >= 0.6 is 22.6 Å². The number of esters is 1. The minimum absolute atomic E-state index is 0.142. The second kappa shape index (κ2) is 5.59. The first kappa shape index (κ1) is 14.8. The molecule has 9 heteroatoms. The minimum atomic E-state index is -4.94. The summed E-state index contributed by atoms with van der Waals surface area (Å²) < 4.78 is 44.3. The van der Waals surface area contributed by atoms with Gasteiger partial charge in [0, 0.05) is 6.07 Å². The Kier molecular flexibility index (Phi) is 4.59. The molecule has 100 valence electrons. The number of carbonyl (C=O) groups excluding carboxylic acids is 1. The lowest BCUT2D eigenvalue weighted by atomic mass is 10.2. The van der Waals surface area contributed by atoms with Crippen molar-refractivity contribution < 1.29 is 32.5 Å². The number of ether oxygens (including phenoxy) is 2. The van der Waals surface area contributed by atoms with Gasteiger partial charge in [-0.2, -0.15) is 0 Å². The van der Waals surface area contributed by atoms with Crippen LogP contribution in [0.25, 0.3) is 0 Å². The zero-order chi connectivity index (χ0) is 13.9. The van der Waals surface area contributed by atoms with Gasteiger partial charge in [-0.1, -0.05) is 0 Å². The fourth-order valence-electron chi connectivity index (χ4n) is 1.07. The number of pyridine rings is 1. The molecule has 0 aliphatic rings. The average molecular weight is 377 g/mol. The lowest BCUT2D eigenvalue weighted by Gasteiger charge is -2.12. The third-order valence-corrected chi connectivity index (χ3v) is 2.32. The van der Waals surface area contributed by atoms with Crippen LogP contribution in [-0.2, 0) is 16.0 Å². The molecule has 1 aromatic rings. The van der Waals surface area contributed by atoms with Crippen molar-refractivity contribution in [2.45, 2.75) is 12.8 Å². The van der Waals surface area contributed by atoms with Gasteiger partial charge in [-0.05, 0) is 22.6 Å². The van der Waals surface area contributed by atoms with Gasteiger partial charge in [0.05, 0.1) is 19.2 Å². The van der Waals surface area contributed by atoms with E-state index in [1.54, 1.807) is 22.6 Å². The van der Waals surface area contributed by atoms with Crippen LogP contribution < -0.4 is 4.74 Å². The predicted molar refractivity (Wildman–Crippen MR) is 61.0 cm³/mol. The largest absolute Gasteiger partial charge is 0.573 e. The van der Waals surface area contributed by atoms with Crippen LogP contribution in [0.4, 0.5) is 13.2 Å². The van der Waals surface area contributed by atoms with E-state index in [-0.39, 0.29) is 9.39 Å². The van der Waals surface area contributed by atoms with Crippen molar-refractivity contribution in [3.63, 3.8) is 0 Å². The van der Waals surface area contributed by atoms with Gasteiger partial charge in [-0.25, -0.2) is 4.98 Å². The molecule has 0 amide bonds. The molecule has 0 unspecified atom stereocenters. The Morgan fingerprint density at radius 2 is 2.17 bits per heavy atom. The Labute approximate surface area is 113 Å². The summed E-state index contributed by atoms with van der Waals surface area (Å²) in [6.45, 7) is 0. The fourth-order valence-corrected chi connectivity index (χ4v) is 1.64. The van der Waals surface area contributed by atoms with Crippen LogP contribution in [0.1, 0.15) is 5.69 Å². The summed E-state index contributed by atoms with van der Waals surface area (Å²) in [6.07, 6.45) is -5.39. The van der Waals surface area contributed by atoms with Crippen LogP contribution in [0.15, 0.2) is 6.07 Å². The van der Waals surface area contributed by atoms with Crippen LogP contribution in [0.3, 0.4) is 0 Å². The smallest absolute Gasteiger partial charge is 0.503 e. The van der Waals surface area contributed by atoms with Crippen molar-refractivity contribution in [3.05, 3.63) is 15.5 Å². The number of hydrogen-bond acceptors (Lipinski definition) is 5. The quantitative estimate of drug-likeness (QED) is 0.496. The van der Waals surface area contributed by atoms with Gasteiger partial charge in [-0.3, -0.25) is 4.79 Å². The van der Waals surface area contributed by atoms with Crippen molar-refractivity contribution >= 4 is 28.6 Å². The van der Waals surface area contributed by atoms with Gasteiger partial charge in [0.15, 0.2) is 11.5 Å². The molecule has 0 radical (unpaired) electrons. The summed E-state index contributed by atoms with van der Waals surface area (Å²) >= 11 is 1.64. The number of methoxy groups -OCH3 is 1. The van der Waals surface area contributed by atoms with E-state index in [9.17, 15) is 23.1 Å². The highest BCUT2D eigenvalue weighted by Crippen LogP contribution is 2.34. The predicted octanol–water partition coefficient (Wildman–Crippen LogP) is 2.01. The molecular formula is C9H7F3INO4. The number of hydrogen-bond donors (Lipinski definition) is 1. The first-order valence-electron chi connectivity index (χ1n) is 4.44. The highest BCUT2D eigenvalue weighted by atomic mass is 127. The molecule has 1 rings (SSSR count). The van der Waals surface area contributed by atoms with E-state index in [0.29, 0.717) is 0 Å². The molecule has 0 aliphatic heterocycles. The van der Waals surface area contributed by atoms with Gasteiger partial charge >= 0.3 is 12.3 Å². The Hall–Kier alpha value is -1.26. The van der Waals surface area contributed by atoms with Crippen molar-refractivity contribution in [2.24, 2.45) is 0 Å².